The van der Waals surface area contributed by atoms with Crippen LogP contribution in [-0.2, 0) is 4.79 Å². The van der Waals surface area contributed by atoms with Gasteiger partial charge in [-0.25, -0.2) is 9.18 Å². The first-order valence-electron chi connectivity index (χ1n) is 6.31. The second kappa shape index (κ2) is 7.65. The first-order chi connectivity index (χ1) is 8.67. The number of carbonyl (C=O) groups is 1. The lowest BCUT2D eigenvalue weighted by molar-refractivity contribution is -0.244. The van der Waals surface area contributed by atoms with E-state index in [9.17, 15) is 26.7 Å². The largest absolute Gasteiger partial charge is 0.477 e. The van der Waals surface area contributed by atoms with Gasteiger partial charge in [0, 0.05) is 0 Å². The zero-order chi connectivity index (χ0) is 15.1. The maximum atomic E-state index is 13.1. The maximum absolute atomic E-state index is 13.1. The van der Waals surface area contributed by atoms with Gasteiger partial charge in [-0.1, -0.05) is 45.4 Å². The summed E-state index contributed by atoms with van der Waals surface area (Å²) < 4.78 is 64.4. The molecule has 0 saturated heterocycles. The van der Waals surface area contributed by atoms with Crippen molar-refractivity contribution in [3.05, 3.63) is 0 Å². The Bertz CT molecular complexity index is 281. The van der Waals surface area contributed by atoms with Crippen LogP contribution in [0.15, 0.2) is 0 Å². The number of hydrogen-bond donors (Lipinski definition) is 1. The van der Waals surface area contributed by atoms with Crippen LogP contribution in [0, 0.1) is 0 Å². The van der Waals surface area contributed by atoms with Crippen molar-refractivity contribution in [2.24, 2.45) is 0 Å². The van der Waals surface area contributed by atoms with E-state index in [1.165, 1.54) is 0 Å². The molecule has 0 aromatic heterocycles. The molecule has 0 radical (unpaired) electrons. The number of carboxylic acids is 1. The number of carboxylic acid groups (broad SMARTS) is 1. The fraction of sp³-hybridized carbons (Fsp3) is 0.917. The molecule has 0 spiro atoms. The van der Waals surface area contributed by atoms with E-state index in [1.807, 2.05) is 6.92 Å². The monoisotopic (exact) mass is 290 g/mol. The number of hydrogen-bond acceptors (Lipinski definition) is 1. The molecule has 0 saturated carbocycles. The molecule has 1 unspecified atom stereocenters. The average molecular weight is 290 g/mol. The van der Waals surface area contributed by atoms with Crippen molar-refractivity contribution in [1.82, 2.24) is 0 Å². The van der Waals surface area contributed by atoms with Crippen molar-refractivity contribution >= 4 is 5.97 Å². The summed E-state index contributed by atoms with van der Waals surface area (Å²) in [6.45, 7) is 1.99. The van der Waals surface area contributed by atoms with Crippen LogP contribution < -0.4 is 0 Å². The second-order valence-electron chi connectivity index (χ2n) is 4.53. The summed E-state index contributed by atoms with van der Waals surface area (Å²) >= 11 is 0. The molecule has 0 aliphatic rings. The van der Waals surface area contributed by atoms with E-state index in [0.717, 1.165) is 25.7 Å². The van der Waals surface area contributed by atoms with Gasteiger partial charge in [0.2, 0.25) is 0 Å². The van der Waals surface area contributed by atoms with Gasteiger partial charge < -0.3 is 5.11 Å². The smallest absolute Gasteiger partial charge is 0.407 e. The number of aliphatic carboxylic acids is 1. The molecule has 2 nitrogen and oxygen atoms in total. The number of unbranched alkanes of at least 4 members (excludes halogenated alkanes) is 5. The Morgan fingerprint density at radius 2 is 1.53 bits per heavy atom. The van der Waals surface area contributed by atoms with Gasteiger partial charge in [0.05, 0.1) is 0 Å². The zero-order valence-corrected chi connectivity index (χ0v) is 10.8. The predicted molar refractivity (Wildman–Crippen MR) is 60.4 cm³/mol. The lowest BCUT2D eigenvalue weighted by Crippen LogP contribution is -2.52. The van der Waals surface area contributed by atoms with Crippen molar-refractivity contribution in [1.29, 1.82) is 0 Å². The third kappa shape index (κ3) is 4.95. The highest BCUT2D eigenvalue weighted by Crippen LogP contribution is 2.40. The van der Waals surface area contributed by atoms with E-state index < -0.39 is 30.4 Å². The van der Waals surface area contributed by atoms with E-state index in [0.29, 0.717) is 6.42 Å². The molecule has 0 aromatic rings. The van der Waals surface area contributed by atoms with Crippen molar-refractivity contribution in [3.8, 4) is 0 Å². The van der Waals surface area contributed by atoms with Gasteiger partial charge in [-0.2, -0.15) is 17.6 Å². The molecule has 0 aliphatic heterocycles. The molecule has 0 rings (SSSR count). The van der Waals surface area contributed by atoms with Crippen molar-refractivity contribution in [2.75, 3.05) is 0 Å². The Kier molecular flexibility index (Phi) is 7.29. The van der Waals surface area contributed by atoms with Crippen LogP contribution in [0.1, 0.15) is 51.9 Å². The van der Waals surface area contributed by atoms with Gasteiger partial charge in [0.25, 0.3) is 0 Å². The molecule has 1 atom stereocenters. The molecule has 0 bridgehead atoms. The second-order valence-corrected chi connectivity index (χ2v) is 4.53. The minimum absolute atomic E-state index is 0.0379. The van der Waals surface area contributed by atoms with Crippen molar-refractivity contribution in [2.45, 2.75) is 69.9 Å². The Labute approximate surface area is 109 Å². The van der Waals surface area contributed by atoms with E-state index >= 15 is 0 Å². The first kappa shape index (κ1) is 18.1. The van der Waals surface area contributed by atoms with Crippen molar-refractivity contribution < 1.29 is 31.9 Å². The van der Waals surface area contributed by atoms with Crippen LogP contribution in [0.4, 0.5) is 22.0 Å². The number of alkyl halides is 5. The predicted octanol–water partition coefficient (Wildman–Crippen LogP) is 4.43. The van der Waals surface area contributed by atoms with E-state index in [-0.39, 0.29) is 6.42 Å². The van der Waals surface area contributed by atoms with E-state index in [2.05, 4.69) is 0 Å². The van der Waals surface area contributed by atoms with Gasteiger partial charge in [-0.15, -0.1) is 0 Å². The molecule has 0 fully saturated rings. The highest BCUT2D eigenvalue weighted by atomic mass is 19.3. The first-order valence-corrected chi connectivity index (χ1v) is 6.31. The summed E-state index contributed by atoms with van der Waals surface area (Å²) in [7, 11) is 0. The SMILES string of the molecule is CCCCCCCCC(F)C(F)(F)C(F)(F)C(=O)O. The van der Waals surface area contributed by atoms with Gasteiger partial charge in [0.15, 0.2) is 6.17 Å². The molecule has 114 valence electrons. The van der Waals surface area contributed by atoms with Crippen LogP contribution >= 0.6 is 0 Å². The third-order valence-corrected chi connectivity index (χ3v) is 2.89. The van der Waals surface area contributed by atoms with Crippen LogP contribution in [0.25, 0.3) is 0 Å². The lowest BCUT2D eigenvalue weighted by Gasteiger charge is -2.25. The average Bonchev–Trinajstić information content (AvgIpc) is 2.32. The summed E-state index contributed by atoms with van der Waals surface area (Å²) in [4.78, 5) is 10.0. The number of rotatable bonds is 10. The maximum Gasteiger partial charge on any atom is 0.407 e. The summed E-state index contributed by atoms with van der Waals surface area (Å²) in [6, 6.07) is 0. The standard InChI is InChI=1S/C12H19F5O2/c1-2-3-4-5-6-7-8-9(13)11(14,15)12(16,17)10(18)19/h9H,2-8H2,1H3,(H,18,19). The summed E-state index contributed by atoms with van der Waals surface area (Å²) in [5, 5.41) is 8.00. The van der Waals surface area contributed by atoms with Crippen LogP contribution in [0.3, 0.4) is 0 Å². The minimum Gasteiger partial charge on any atom is -0.477 e. The summed E-state index contributed by atoms with van der Waals surface area (Å²) in [6.07, 6.45) is 0.176. The van der Waals surface area contributed by atoms with E-state index in [1.54, 1.807) is 0 Å². The van der Waals surface area contributed by atoms with Gasteiger partial charge in [0.1, 0.15) is 0 Å². The molecule has 0 aromatic carbocycles. The highest BCUT2D eigenvalue weighted by Gasteiger charge is 2.66. The minimum atomic E-state index is -5.38. The molecule has 0 aliphatic carbocycles. The Hall–Kier alpha value is -0.880. The quantitative estimate of drug-likeness (QED) is 0.477. The zero-order valence-electron chi connectivity index (χ0n) is 10.8. The van der Waals surface area contributed by atoms with Crippen molar-refractivity contribution in [3.63, 3.8) is 0 Å². The third-order valence-electron chi connectivity index (χ3n) is 2.89. The van der Waals surface area contributed by atoms with E-state index in [4.69, 9.17) is 5.11 Å². The summed E-state index contributed by atoms with van der Waals surface area (Å²) in [5.41, 5.74) is 0. The number of halogens is 5. The van der Waals surface area contributed by atoms with Crippen LogP contribution in [0.5, 0.6) is 0 Å². The van der Waals surface area contributed by atoms with Crippen LogP contribution in [0.2, 0.25) is 0 Å². The highest BCUT2D eigenvalue weighted by molar-refractivity contribution is 5.76. The topological polar surface area (TPSA) is 37.3 Å². The molecular weight excluding hydrogens is 271 g/mol. The summed E-state index contributed by atoms with van der Waals surface area (Å²) in [5.74, 6) is -13.6. The molecule has 7 heteroatoms. The fourth-order valence-electron chi connectivity index (χ4n) is 1.62. The van der Waals surface area contributed by atoms with Crippen LogP contribution in [-0.4, -0.2) is 29.1 Å². The molecule has 19 heavy (non-hydrogen) atoms. The van der Waals surface area contributed by atoms with Gasteiger partial charge in [-0.05, 0) is 6.42 Å². The fourth-order valence-corrected chi connectivity index (χ4v) is 1.62. The molecule has 1 N–H and O–H groups in total. The Balaban J connectivity index is 4.18. The van der Waals surface area contributed by atoms with Gasteiger partial charge >= 0.3 is 17.8 Å². The Morgan fingerprint density at radius 3 is 2.00 bits per heavy atom. The molecule has 0 amide bonds. The molecular formula is C12H19F5O2. The lowest BCUT2D eigenvalue weighted by atomic mass is 10.0. The molecule has 0 heterocycles. The van der Waals surface area contributed by atoms with Gasteiger partial charge in [-0.3, -0.25) is 0 Å². The normalized spacial score (nSPS) is 14.4. The Morgan fingerprint density at radius 1 is 1.05 bits per heavy atom.